The standard InChI is InChI=1S/C14H17ClO3/c1-4-18-13(17)14(15,11(3)16)9-12-8-6-5-7-10(12)2/h5-8H,4,9H2,1-3H3. The minimum atomic E-state index is -1.62. The van der Waals surface area contributed by atoms with E-state index in [1.165, 1.54) is 6.92 Å². The second kappa shape index (κ2) is 6.01. The second-order valence-electron chi connectivity index (χ2n) is 4.18. The van der Waals surface area contributed by atoms with E-state index in [0.717, 1.165) is 11.1 Å². The molecule has 0 saturated carbocycles. The molecule has 0 heterocycles. The molecule has 0 N–H and O–H groups in total. The average molecular weight is 269 g/mol. The number of carbonyl (C=O) groups excluding carboxylic acids is 2. The number of halogens is 1. The Morgan fingerprint density at radius 3 is 2.44 bits per heavy atom. The topological polar surface area (TPSA) is 43.4 Å². The van der Waals surface area contributed by atoms with E-state index >= 15 is 0 Å². The predicted molar refractivity (Wildman–Crippen MR) is 70.8 cm³/mol. The summed E-state index contributed by atoms with van der Waals surface area (Å²) >= 11 is 6.19. The lowest BCUT2D eigenvalue weighted by Gasteiger charge is -2.22. The molecule has 18 heavy (non-hydrogen) atoms. The van der Waals surface area contributed by atoms with Crippen LogP contribution in [0, 0.1) is 6.92 Å². The van der Waals surface area contributed by atoms with Gasteiger partial charge in [0.05, 0.1) is 6.61 Å². The van der Waals surface area contributed by atoms with Crippen molar-refractivity contribution in [1.82, 2.24) is 0 Å². The van der Waals surface area contributed by atoms with Gasteiger partial charge in [-0.15, -0.1) is 0 Å². The van der Waals surface area contributed by atoms with Gasteiger partial charge < -0.3 is 4.74 Å². The minimum Gasteiger partial charge on any atom is -0.464 e. The van der Waals surface area contributed by atoms with Crippen molar-refractivity contribution in [3.05, 3.63) is 35.4 Å². The van der Waals surface area contributed by atoms with Crippen molar-refractivity contribution < 1.29 is 14.3 Å². The van der Waals surface area contributed by atoms with E-state index in [1.54, 1.807) is 6.92 Å². The SMILES string of the molecule is CCOC(=O)C(Cl)(Cc1ccccc1C)C(C)=O. The summed E-state index contributed by atoms with van der Waals surface area (Å²) < 4.78 is 4.89. The molecule has 0 aromatic heterocycles. The summed E-state index contributed by atoms with van der Waals surface area (Å²) in [6.45, 7) is 5.11. The summed E-state index contributed by atoms with van der Waals surface area (Å²) in [5.74, 6) is -1.08. The molecule has 98 valence electrons. The smallest absolute Gasteiger partial charge is 0.335 e. The van der Waals surface area contributed by atoms with Crippen LogP contribution in [0.15, 0.2) is 24.3 Å². The first kappa shape index (κ1) is 14.7. The van der Waals surface area contributed by atoms with Crippen molar-refractivity contribution in [3.8, 4) is 0 Å². The quantitative estimate of drug-likeness (QED) is 0.468. The Labute approximate surface area is 112 Å². The average Bonchev–Trinajstić information content (AvgIpc) is 2.32. The molecule has 0 spiro atoms. The number of esters is 1. The molecular weight excluding hydrogens is 252 g/mol. The van der Waals surface area contributed by atoms with Gasteiger partial charge in [0.15, 0.2) is 5.78 Å². The zero-order valence-corrected chi connectivity index (χ0v) is 11.6. The fourth-order valence-electron chi connectivity index (χ4n) is 1.66. The summed E-state index contributed by atoms with van der Waals surface area (Å²) in [7, 11) is 0. The number of Topliss-reactive ketones (excluding diaryl/α,β-unsaturated/α-hetero) is 1. The van der Waals surface area contributed by atoms with Crippen LogP contribution < -0.4 is 0 Å². The van der Waals surface area contributed by atoms with E-state index in [-0.39, 0.29) is 13.0 Å². The second-order valence-corrected chi connectivity index (χ2v) is 4.83. The van der Waals surface area contributed by atoms with E-state index < -0.39 is 16.6 Å². The number of aryl methyl sites for hydroxylation is 1. The molecule has 3 nitrogen and oxygen atoms in total. The number of carbonyl (C=O) groups is 2. The third kappa shape index (κ3) is 3.10. The van der Waals surface area contributed by atoms with Crippen LogP contribution in [0.3, 0.4) is 0 Å². The first-order chi connectivity index (χ1) is 8.41. The monoisotopic (exact) mass is 268 g/mol. The largest absolute Gasteiger partial charge is 0.464 e. The van der Waals surface area contributed by atoms with E-state index in [0.29, 0.717) is 0 Å². The van der Waals surface area contributed by atoms with Crippen molar-refractivity contribution >= 4 is 23.4 Å². The molecule has 0 aliphatic heterocycles. The molecule has 1 atom stereocenters. The Balaban J connectivity index is 3.04. The van der Waals surface area contributed by atoms with Crippen LogP contribution in [-0.4, -0.2) is 23.2 Å². The van der Waals surface area contributed by atoms with E-state index in [9.17, 15) is 9.59 Å². The molecule has 0 fully saturated rings. The normalized spacial score (nSPS) is 13.8. The Morgan fingerprint density at radius 1 is 1.33 bits per heavy atom. The molecule has 1 aromatic carbocycles. The highest BCUT2D eigenvalue weighted by Crippen LogP contribution is 2.26. The number of ether oxygens (including phenoxy) is 1. The maximum atomic E-state index is 11.8. The van der Waals surface area contributed by atoms with Crippen LogP contribution in [-0.2, 0) is 20.7 Å². The third-order valence-corrected chi connectivity index (χ3v) is 3.41. The van der Waals surface area contributed by atoms with Crippen molar-refractivity contribution in [1.29, 1.82) is 0 Å². The molecular formula is C14H17ClO3. The first-order valence-corrected chi connectivity index (χ1v) is 6.21. The van der Waals surface area contributed by atoms with Crippen LogP contribution in [0.2, 0.25) is 0 Å². The highest BCUT2D eigenvalue weighted by molar-refractivity contribution is 6.45. The summed E-state index contributed by atoms with van der Waals surface area (Å²) in [6.07, 6.45) is 0.148. The van der Waals surface area contributed by atoms with Gasteiger partial charge in [0.2, 0.25) is 4.87 Å². The van der Waals surface area contributed by atoms with Crippen LogP contribution >= 0.6 is 11.6 Å². The number of hydrogen-bond acceptors (Lipinski definition) is 3. The molecule has 1 rings (SSSR count). The van der Waals surface area contributed by atoms with Crippen LogP contribution in [0.4, 0.5) is 0 Å². The molecule has 0 bridgehead atoms. The van der Waals surface area contributed by atoms with Gasteiger partial charge in [0.25, 0.3) is 0 Å². The summed E-state index contributed by atoms with van der Waals surface area (Å²) in [6, 6.07) is 7.52. The van der Waals surface area contributed by atoms with Crippen molar-refractivity contribution in [2.45, 2.75) is 32.1 Å². The Kier molecular flexibility index (Phi) is 4.91. The highest BCUT2D eigenvalue weighted by atomic mass is 35.5. The fraction of sp³-hybridized carbons (Fsp3) is 0.429. The summed E-state index contributed by atoms with van der Waals surface area (Å²) in [4.78, 5) is 21.9. The molecule has 0 aliphatic rings. The van der Waals surface area contributed by atoms with Crippen LogP contribution in [0.25, 0.3) is 0 Å². The van der Waals surface area contributed by atoms with Gasteiger partial charge in [0, 0.05) is 6.42 Å². The number of rotatable bonds is 5. The number of alkyl halides is 1. The van der Waals surface area contributed by atoms with Crippen LogP contribution in [0.5, 0.6) is 0 Å². The van der Waals surface area contributed by atoms with Gasteiger partial charge in [-0.05, 0) is 31.9 Å². The van der Waals surface area contributed by atoms with Gasteiger partial charge in [-0.1, -0.05) is 35.9 Å². The molecule has 0 aliphatic carbocycles. The predicted octanol–water partition coefficient (Wildman–Crippen LogP) is 2.67. The van der Waals surface area contributed by atoms with Crippen molar-refractivity contribution in [2.75, 3.05) is 6.61 Å². The lowest BCUT2D eigenvalue weighted by atomic mass is 9.92. The van der Waals surface area contributed by atoms with Crippen molar-refractivity contribution in [2.24, 2.45) is 0 Å². The fourth-order valence-corrected chi connectivity index (χ4v) is 1.86. The van der Waals surface area contributed by atoms with Gasteiger partial charge in [-0.25, -0.2) is 4.79 Å². The lowest BCUT2D eigenvalue weighted by Crippen LogP contribution is -2.43. The third-order valence-electron chi connectivity index (χ3n) is 2.85. The van der Waals surface area contributed by atoms with Gasteiger partial charge in [-0.2, -0.15) is 0 Å². The van der Waals surface area contributed by atoms with Crippen LogP contribution in [0.1, 0.15) is 25.0 Å². The lowest BCUT2D eigenvalue weighted by molar-refractivity contribution is -0.149. The van der Waals surface area contributed by atoms with Gasteiger partial charge >= 0.3 is 5.97 Å². The Hall–Kier alpha value is -1.35. The van der Waals surface area contributed by atoms with Gasteiger partial charge in [0.1, 0.15) is 0 Å². The summed E-state index contributed by atoms with van der Waals surface area (Å²) in [5, 5.41) is 0. The molecule has 1 aromatic rings. The Morgan fingerprint density at radius 2 is 1.94 bits per heavy atom. The number of benzene rings is 1. The molecule has 1 unspecified atom stereocenters. The number of ketones is 1. The zero-order chi connectivity index (χ0) is 13.8. The molecule has 0 saturated heterocycles. The van der Waals surface area contributed by atoms with E-state index in [2.05, 4.69) is 0 Å². The molecule has 4 heteroatoms. The molecule has 0 radical (unpaired) electrons. The first-order valence-electron chi connectivity index (χ1n) is 5.83. The highest BCUT2D eigenvalue weighted by Gasteiger charge is 2.43. The molecule has 0 amide bonds. The van der Waals surface area contributed by atoms with Crippen molar-refractivity contribution in [3.63, 3.8) is 0 Å². The maximum Gasteiger partial charge on any atom is 0.335 e. The zero-order valence-electron chi connectivity index (χ0n) is 10.8. The number of hydrogen-bond donors (Lipinski definition) is 0. The maximum absolute atomic E-state index is 11.8. The van der Waals surface area contributed by atoms with E-state index in [4.69, 9.17) is 16.3 Å². The Bertz CT molecular complexity index is 456. The van der Waals surface area contributed by atoms with E-state index in [1.807, 2.05) is 31.2 Å². The van der Waals surface area contributed by atoms with Gasteiger partial charge in [-0.3, -0.25) is 4.79 Å². The summed E-state index contributed by atoms with van der Waals surface area (Å²) in [5.41, 5.74) is 1.86. The minimum absolute atomic E-state index is 0.148.